The average Bonchev–Trinajstić information content (AvgIpc) is 2.86. The van der Waals surface area contributed by atoms with E-state index in [0.717, 1.165) is 45.0 Å². The van der Waals surface area contributed by atoms with E-state index in [2.05, 4.69) is 31.3 Å². The fourth-order valence-corrected chi connectivity index (χ4v) is 3.90. The summed E-state index contributed by atoms with van der Waals surface area (Å²) in [7, 11) is 6.98. The van der Waals surface area contributed by atoms with Crippen LogP contribution in [0.3, 0.4) is 0 Å². The third kappa shape index (κ3) is 5.51. The van der Waals surface area contributed by atoms with Crippen LogP contribution in [0.25, 0.3) is 10.9 Å². The monoisotopic (exact) mass is 485 g/mol. The summed E-state index contributed by atoms with van der Waals surface area (Å²) < 4.78 is 5.39. The lowest BCUT2D eigenvalue weighted by atomic mass is 10.1. The van der Waals surface area contributed by atoms with Crippen LogP contribution in [0.4, 0.5) is 17.2 Å². The Morgan fingerprint density at radius 3 is 2.53 bits per heavy atom. The molecule has 0 atom stereocenters. The minimum atomic E-state index is -0.0213. The number of rotatable bonds is 8. The van der Waals surface area contributed by atoms with Crippen molar-refractivity contribution in [3.8, 4) is 5.88 Å². The average molecular weight is 486 g/mol. The van der Waals surface area contributed by atoms with E-state index < -0.39 is 0 Å². The fourth-order valence-electron chi connectivity index (χ4n) is 3.90. The Kier molecular flexibility index (Phi) is 7.28. The first-order chi connectivity index (χ1) is 17.2. The highest BCUT2D eigenvalue weighted by atomic mass is 16.5. The Morgan fingerprint density at radius 1 is 1.00 bits per heavy atom. The van der Waals surface area contributed by atoms with E-state index in [1.54, 1.807) is 32.3 Å². The Hall–Kier alpha value is -4.27. The number of ether oxygens (including phenoxy) is 1. The molecule has 0 spiro atoms. The molecule has 0 aliphatic carbocycles. The summed E-state index contributed by atoms with van der Waals surface area (Å²) in [5, 5.41) is 4.34. The fraction of sp³-hybridized carbons (Fsp3) is 0.296. The highest BCUT2D eigenvalue weighted by molar-refractivity contribution is 5.92. The van der Waals surface area contributed by atoms with E-state index in [4.69, 9.17) is 4.74 Å². The number of fused-ring (bicyclic) bond motifs is 1. The molecule has 4 rings (SSSR count). The number of likely N-dealkylation sites (N-methyl/N-ethyl adjacent to an activating group) is 1. The maximum atomic E-state index is 12.3. The van der Waals surface area contributed by atoms with Gasteiger partial charge in [-0.25, -0.2) is 15.0 Å². The van der Waals surface area contributed by atoms with Gasteiger partial charge >= 0.3 is 0 Å². The minimum absolute atomic E-state index is 0.0213. The third-order valence-electron chi connectivity index (χ3n) is 5.89. The van der Waals surface area contributed by atoms with Gasteiger partial charge < -0.3 is 19.9 Å². The number of amides is 1. The van der Waals surface area contributed by atoms with E-state index in [1.807, 2.05) is 62.2 Å². The Morgan fingerprint density at radius 2 is 1.81 bits per heavy atom. The van der Waals surface area contributed by atoms with Crippen molar-refractivity contribution >= 4 is 34.0 Å². The van der Waals surface area contributed by atoms with Gasteiger partial charge in [-0.05, 0) is 50.2 Å². The molecule has 3 heterocycles. The highest BCUT2D eigenvalue weighted by Crippen LogP contribution is 2.31. The lowest BCUT2D eigenvalue weighted by molar-refractivity contribution is -0.128. The maximum absolute atomic E-state index is 12.3. The molecule has 4 aromatic rings. The van der Waals surface area contributed by atoms with Crippen LogP contribution < -0.4 is 15.0 Å². The van der Waals surface area contributed by atoms with Crippen molar-refractivity contribution in [3.63, 3.8) is 0 Å². The lowest BCUT2D eigenvalue weighted by Crippen LogP contribution is -2.24. The summed E-state index contributed by atoms with van der Waals surface area (Å²) in [5.41, 5.74) is 5.27. The molecule has 9 heteroatoms. The van der Waals surface area contributed by atoms with Crippen LogP contribution >= 0.6 is 0 Å². The molecule has 0 aliphatic heterocycles. The number of nitrogens with zero attached hydrogens (tertiary/aromatic N) is 6. The van der Waals surface area contributed by atoms with Crippen LogP contribution in [-0.2, 0) is 17.8 Å². The second-order valence-corrected chi connectivity index (χ2v) is 8.83. The minimum Gasteiger partial charge on any atom is -0.481 e. The molecular weight excluding hydrogens is 454 g/mol. The molecule has 1 aromatic carbocycles. The number of benzene rings is 1. The lowest BCUT2D eigenvalue weighted by Gasteiger charge is -2.22. The first kappa shape index (κ1) is 24.8. The van der Waals surface area contributed by atoms with Crippen molar-refractivity contribution in [2.75, 3.05) is 38.5 Å². The zero-order valence-corrected chi connectivity index (χ0v) is 21.5. The van der Waals surface area contributed by atoms with Gasteiger partial charge in [0.05, 0.1) is 43.2 Å². The molecule has 0 fully saturated rings. The number of aryl methyl sites for hydroxylation is 2. The molecule has 1 N–H and O–H groups in total. The number of anilines is 3. The van der Waals surface area contributed by atoms with Crippen LogP contribution in [0.2, 0.25) is 0 Å². The number of aromatic nitrogens is 4. The Balaban J connectivity index is 1.66. The van der Waals surface area contributed by atoms with Crippen molar-refractivity contribution in [1.82, 2.24) is 24.8 Å². The van der Waals surface area contributed by atoms with Crippen molar-refractivity contribution < 1.29 is 9.53 Å². The first-order valence-electron chi connectivity index (χ1n) is 11.7. The second kappa shape index (κ2) is 10.6. The van der Waals surface area contributed by atoms with E-state index in [-0.39, 0.29) is 12.3 Å². The van der Waals surface area contributed by atoms with Crippen molar-refractivity contribution in [3.05, 3.63) is 71.4 Å². The SMILES string of the molecule is COc1ncc(N(C)c2ccc3nc(C)nc(NCc4cccc(C)n4)c3c2)cc1CC(=O)N(C)C. The smallest absolute Gasteiger partial charge is 0.226 e. The zero-order valence-electron chi connectivity index (χ0n) is 21.5. The molecule has 0 bridgehead atoms. The Labute approximate surface area is 211 Å². The summed E-state index contributed by atoms with van der Waals surface area (Å²) in [5.74, 6) is 1.87. The highest BCUT2D eigenvalue weighted by Gasteiger charge is 2.16. The van der Waals surface area contributed by atoms with Gasteiger partial charge in [0.25, 0.3) is 0 Å². The number of carbonyl (C=O) groups is 1. The van der Waals surface area contributed by atoms with Crippen molar-refractivity contribution in [2.45, 2.75) is 26.8 Å². The summed E-state index contributed by atoms with van der Waals surface area (Å²) in [6, 6.07) is 14.0. The predicted octanol–water partition coefficient (Wildman–Crippen LogP) is 4.06. The second-order valence-electron chi connectivity index (χ2n) is 8.83. The van der Waals surface area contributed by atoms with Crippen LogP contribution in [0.5, 0.6) is 5.88 Å². The number of pyridine rings is 2. The summed E-state index contributed by atoms with van der Waals surface area (Å²) in [4.78, 5) is 34.2. The largest absolute Gasteiger partial charge is 0.481 e. The number of hydrogen-bond acceptors (Lipinski definition) is 8. The van der Waals surface area contributed by atoms with Gasteiger partial charge in [0.15, 0.2) is 0 Å². The molecule has 0 aliphatic rings. The Bertz CT molecular complexity index is 1400. The van der Waals surface area contributed by atoms with Crippen LogP contribution in [0, 0.1) is 13.8 Å². The van der Waals surface area contributed by atoms with Gasteiger partial charge in [-0.3, -0.25) is 9.78 Å². The zero-order chi connectivity index (χ0) is 25.8. The molecule has 36 heavy (non-hydrogen) atoms. The van der Waals surface area contributed by atoms with E-state index in [1.165, 1.54) is 0 Å². The van der Waals surface area contributed by atoms with Crippen molar-refractivity contribution in [1.29, 1.82) is 0 Å². The van der Waals surface area contributed by atoms with Gasteiger partial charge in [0, 0.05) is 43.5 Å². The predicted molar refractivity (Wildman–Crippen MR) is 142 cm³/mol. The number of hydrogen-bond donors (Lipinski definition) is 1. The third-order valence-corrected chi connectivity index (χ3v) is 5.89. The molecule has 0 radical (unpaired) electrons. The molecular formula is C27H31N7O2. The van der Waals surface area contributed by atoms with Gasteiger partial charge in [0.1, 0.15) is 11.6 Å². The molecule has 0 unspecified atom stereocenters. The normalized spacial score (nSPS) is 10.8. The molecule has 1 amide bonds. The van der Waals surface area contributed by atoms with Gasteiger partial charge in [0.2, 0.25) is 11.8 Å². The van der Waals surface area contributed by atoms with Crippen LogP contribution in [0.15, 0.2) is 48.7 Å². The molecule has 186 valence electrons. The summed E-state index contributed by atoms with van der Waals surface area (Å²) in [6.07, 6.45) is 1.94. The maximum Gasteiger partial charge on any atom is 0.226 e. The van der Waals surface area contributed by atoms with Gasteiger partial charge in [-0.15, -0.1) is 0 Å². The van der Waals surface area contributed by atoms with E-state index in [0.29, 0.717) is 18.2 Å². The van der Waals surface area contributed by atoms with Crippen LogP contribution in [0.1, 0.15) is 22.8 Å². The quantitative estimate of drug-likeness (QED) is 0.399. The molecule has 0 saturated carbocycles. The van der Waals surface area contributed by atoms with Crippen molar-refractivity contribution in [2.24, 2.45) is 0 Å². The summed E-state index contributed by atoms with van der Waals surface area (Å²) in [6.45, 7) is 4.42. The molecule has 0 saturated heterocycles. The number of nitrogens with one attached hydrogen (secondary N) is 1. The van der Waals surface area contributed by atoms with E-state index >= 15 is 0 Å². The standard InChI is InChI=1S/C27H31N7O2/c1-17-8-7-9-20(30-17)15-28-26-23-14-21(10-11-24(23)31-18(2)32-26)34(5)22-12-19(13-25(35)33(3)4)27(36-6)29-16-22/h7-12,14,16H,13,15H2,1-6H3,(H,28,31,32). The summed E-state index contributed by atoms with van der Waals surface area (Å²) >= 11 is 0. The van der Waals surface area contributed by atoms with E-state index in [9.17, 15) is 4.79 Å². The number of methoxy groups -OCH3 is 1. The number of carbonyl (C=O) groups excluding carboxylic acids is 1. The molecule has 3 aromatic heterocycles. The first-order valence-corrected chi connectivity index (χ1v) is 11.7. The topological polar surface area (TPSA) is 96.4 Å². The van der Waals surface area contributed by atoms with Gasteiger partial charge in [-0.2, -0.15) is 0 Å². The van der Waals surface area contributed by atoms with Gasteiger partial charge in [-0.1, -0.05) is 6.07 Å². The van der Waals surface area contributed by atoms with Crippen LogP contribution in [-0.4, -0.2) is 59.0 Å². The molecule has 9 nitrogen and oxygen atoms in total.